The molecule has 6 N–H and O–H groups in total. The lowest BCUT2D eigenvalue weighted by atomic mass is 10.2. The summed E-state index contributed by atoms with van der Waals surface area (Å²) in [5.41, 5.74) is 6.44. The zero-order chi connectivity index (χ0) is 14.3. The normalized spacial score (nSPS) is 11.7. The largest absolute Gasteiger partial charge is 0.399 e. The highest BCUT2D eigenvalue weighted by Crippen LogP contribution is 2.04. The van der Waals surface area contributed by atoms with Crippen LogP contribution in [0.3, 0.4) is 0 Å². The van der Waals surface area contributed by atoms with Crippen LogP contribution < -0.4 is 16.4 Å². The molecule has 7 heteroatoms. The molecule has 104 valence electrons. The molecule has 0 aliphatic carbocycles. The van der Waals surface area contributed by atoms with E-state index in [2.05, 4.69) is 10.6 Å². The van der Waals surface area contributed by atoms with Gasteiger partial charge in [-0.05, 0) is 24.3 Å². The van der Waals surface area contributed by atoms with Crippen molar-refractivity contribution in [2.75, 3.05) is 25.4 Å². The third kappa shape index (κ3) is 5.36. The van der Waals surface area contributed by atoms with Gasteiger partial charge in [0.25, 0.3) is 5.91 Å². The first-order valence-corrected chi connectivity index (χ1v) is 5.72. The number of benzene rings is 1. The van der Waals surface area contributed by atoms with Crippen LogP contribution >= 0.6 is 0 Å². The second-order valence-corrected chi connectivity index (χ2v) is 3.95. The van der Waals surface area contributed by atoms with Gasteiger partial charge in [0.05, 0.1) is 19.3 Å². The molecule has 0 saturated heterocycles. The summed E-state index contributed by atoms with van der Waals surface area (Å²) in [6.07, 6.45) is -1.00. The Labute approximate surface area is 110 Å². The Hall–Kier alpha value is -2.12. The molecule has 0 fully saturated rings. The Morgan fingerprint density at radius 1 is 1.21 bits per heavy atom. The first-order valence-electron chi connectivity index (χ1n) is 5.72. The van der Waals surface area contributed by atoms with Crippen molar-refractivity contribution in [2.24, 2.45) is 0 Å². The maximum Gasteiger partial charge on any atom is 0.251 e. The Morgan fingerprint density at radius 2 is 1.84 bits per heavy atom. The van der Waals surface area contributed by atoms with E-state index in [0.29, 0.717) is 11.3 Å². The maximum atomic E-state index is 11.6. The number of carbonyl (C=O) groups is 2. The van der Waals surface area contributed by atoms with Crippen LogP contribution in [0.4, 0.5) is 5.69 Å². The number of nitrogens with two attached hydrogens (primary N) is 1. The van der Waals surface area contributed by atoms with Gasteiger partial charge in [-0.2, -0.15) is 0 Å². The van der Waals surface area contributed by atoms with Crippen molar-refractivity contribution >= 4 is 17.5 Å². The molecule has 19 heavy (non-hydrogen) atoms. The number of hydrogen-bond donors (Lipinski definition) is 5. The van der Waals surface area contributed by atoms with Crippen molar-refractivity contribution < 1.29 is 19.8 Å². The number of hydrogen-bond acceptors (Lipinski definition) is 5. The summed E-state index contributed by atoms with van der Waals surface area (Å²) < 4.78 is 0. The minimum absolute atomic E-state index is 0.0624. The van der Waals surface area contributed by atoms with E-state index >= 15 is 0 Å². The fourth-order valence-electron chi connectivity index (χ4n) is 1.26. The molecule has 1 rings (SSSR count). The molecule has 1 aromatic rings. The van der Waals surface area contributed by atoms with E-state index in [0.717, 1.165) is 0 Å². The SMILES string of the molecule is Nc1ccc(C(=O)NCC(=O)NCC(O)CO)cc1. The summed E-state index contributed by atoms with van der Waals surface area (Å²) in [6, 6.07) is 6.29. The van der Waals surface area contributed by atoms with Gasteiger partial charge in [-0.25, -0.2) is 0 Å². The molecule has 1 aromatic carbocycles. The first-order chi connectivity index (χ1) is 9.02. The van der Waals surface area contributed by atoms with Crippen LogP contribution in [-0.2, 0) is 4.79 Å². The number of carbonyl (C=O) groups excluding carboxylic acids is 2. The molecule has 1 atom stereocenters. The molecular weight excluding hydrogens is 250 g/mol. The van der Waals surface area contributed by atoms with E-state index < -0.39 is 24.5 Å². The molecule has 7 nitrogen and oxygen atoms in total. The van der Waals surface area contributed by atoms with Crippen molar-refractivity contribution in [2.45, 2.75) is 6.10 Å². The van der Waals surface area contributed by atoms with E-state index in [1.165, 1.54) is 0 Å². The average Bonchev–Trinajstić information content (AvgIpc) is 2.42. The van der Waals surface area contributed by atoms with Gasteiger partial charge in [-0.3, -0.25) is 9.59 Å². The second kappa shape index (κ2) is 7.34. The lowest BCUT2D eigenvalue weighted by molar-refractivity contribution is -0.120. The van der Waals surface area contributed by atoms with Crippen molar-refractivity contribution in [3.8, 4) is 0 Å². The lowest BCUT2D eigenvalue weighted by Gasteiger charge is -2.09. The van der Waals surface area contributed by atoms with Crippen molar-refractivity contribution in [3.05, 3.63) is 29.8 Å². The fourth-order valence-corrected chi connectivity index (χ4v) is 1.26. The smallest absolute Gasteiger partial charge is 0.251 e. The van der Waals surface area contributed by atoms with Gasteiger partial charge in [0.2, 0.25) is 5.91 Å². The van der Waals surface area contributed by atoms with Gasteiger partial charge in [0, 0.05) is 17.8 Å². The summed E-state index contributed by atoms with van der Waals surface area (Å²) in [5, 5.41) is 22.4. The highest BCUT2D eigenvalue weighted by atomic mass is 16.3. The van der Waals surface area contributed by atoms with Gasteiger partial charge >= 0.3 is 0 Å². The quantitative estimate of drug-likeness (QED) is 0.400. The Bertz CT molecular complexity index is 433. The summed E-state index contributed by atoms with van der Waals surface area (Å²) in [6.45, 7) is -0.702. The topological polar surface area (TPSA) is 125 Å². The molecule has 0 bridgehead atoms. The molecule has 0 aromatic heterocycles. The van der Waals surface area contributed by atoms with Crippen LogP contribution in [0.2, 0.25) is 0 Å². The summed E-state index contributed by atoms with van der Waals surface area (Å²) in [4.78, 5) is 22.9. The third-order valence-corrected chi connectivity index (χ3v) is 2.33. The van der Waals surface area contributed by atoms with E-state index in [4.69, 9.17) is 15.9 Å². The van der Waals surface area contributed by atoms with Crippen LogP contribution in [0.5, 0.6) is 0 Å². The maximum absolute atomic E-state index is 11.6. The highest BCUT2D eigenvalue weighted by Gasteiger charge is 2.09. The number of aliphatic hydroxyl groups excluding tert-OH is 2. The van der Waals surface area contributed by atoms with Crippen LogP contribution in [-0.4, -0.2) is 47.8 Å². The Kier molecular flexibility index (Phi) is 5.77. The molecular formula is C12H17N3O4. The summed E-state index contributed by atoms with van der Waals surface area (Å²) in [7, 11) is 0. The third-order valence-electron chi connectivity index (χ3n) is 2.33. The number of nitrogens with one attached hydrogen (secondary N) is 2. The van der Waals surface area contributed by atoms with E-state index in [9.17, 15) is 9.59 Å². The van der Waals surface area contributed by atoms with Crippen LogP contribution in [0.15, 0.2) is 24.3 Å². The van der Waals surface area contributed by atoms with Gasteiger partial charge in [-0.1, -0.05) is 0 Å². The number of anilines is 1. The molecule has 0 heterocycles. The van der Waals surface area contributed by atoms with E-state index in [1.54, 1.807) is 24.3 Å². The average molecular weight is 267 g/mol. The number of amides is 2. The first kappa shape index (κ1) is 14.9. The van der Waals surface area contributed by atoms with Gasteiger partial charge in [-0.15, -0.1) is 0 Å². The fraction of sp³-hybridized carbons (Fsp3) is 0.333. The summed E-state index contributed by atoms with van der Waals surface area (Å²) >= 11 is 0. The number of nitrogen functional groups attached to an aromatic ring is 1. The minimum Gasteiger partial charge on any atom is -0.399 e. The second-order valence-electron chi connectivity index (χ2n) is 3.95. The molecule has 2 amide bonds. The molecule has 0 radical (unpaired) electrons. The zero-order valence-electron chi connectivity index (χ0n) is 10.3. The van der Waals surface area contributed by atoms with Gasteiger partial charge < -0.3 is 26.6 Å². The summed E-state index contributed by atoms with van der Waals surface area (Å²) in [5.74, 6) is -0.839. The molecule has 1 unspecified atom stereocenters. The van der Waals surface area contributed by atoms with E-state index in [-0.39, 0.29) is 13.1 Å². The monoisotopic (exact) mass is 267 g/mol. The van der Waals surface area contributed by atoms with Gasteiger partial charge in [0.1, 0.15) is 0 Å². The molecule has 0 aliphatic rings. The molecule has 0 aliphatic heterocycles. The van der Waals surface area contributed by atoms with Gasteiger partial charge in [0.15, 0.2) is 0 Å². The standard InChI is InChI=1S/C12H17N3O4/c13-9-3-1-8(2-4-9)12(19)15-6-11(18)14-5-10(17)7-16/h1-4,10,16-17H,5-7,13H2,(H,14,18)(H,15,19). The number of rotatable bonds is 6. The van der Waals surface area contributed by atoms with Crippen LogP contribution in [0.25, 0.3) is 0 Å². The minimum atomic E-state index is -1.00. The van der Waals surface area contributed by atoms with Crippen molar-refractivity contribution in [3.63, 3.8) is 0 Å². The lowest BCUT2D eigenvalue weighted by Crippen LogP contribution is -2.40. The Balaban J connectivity index is 2.34. The van der Waals surface area contributed by atoms with Crippen LogP contribution in [0.1, 0.15) is 10.4 Å². The number of aliphatic hydroxyl groups is 2. The molecule has 0 spiro atoms. The predicted octanol–water partition coefficient (Wildman–Crippen LogP) is -1.53. The van der Waals surface area contributed by atoms with E-state index in [1.807, 2.05) is 0 Å². The molecule has 0 saturated carbocycles. The van der Waals surface area contributed by atoms with Crippen molar-refractivity contribution in [1.82, 2.24) is 10.6 Å². The highest BCUT2D eigenvalue weighted by molar-refractivity contribution is 5.96. The van der Waals surface area contributed by atoms with Crippen LogP contribution in [0, 0.1) is 0 Å². The van der Waals surface area contributed by atoms with Crippen molar-refractivity contribution in [1.29, 1.82) is 0 Å². The predicted molar refractivity (Wildman–Crippen MR) is 69.3 cm³/mol. The Morgan fingerprint density at radius 3 is 2.42 bits per heavy atom. The zero-order valence-corrected chi connectivity index (χ0v) is 10.3.